The first-order valence-electron chi connectivity index (χ1n) is 6.51. The van der Waals surface area contributed by atoms with E-state index in [1.807, 2.05) is 6.92 Å². The first kappa shape index (κ1) is 14.8. The van der Waals surface area contributed by atoms with Crippen LogP contribution in [-0.4, -0.2) is 10.0 Å². The van der Waals surface area contributed by atoms with E-state index in [0.717, 1.165) is 12.1 Å². The molecule has 2 rings (SSSR count). The second-order valence-electron chi connectivity index (χ2n) is 4.58. The summed E-state index contributed by atoms with van der Waals surface area (Å²) in [6.07, 6.45) is 0.603. The minimum absolute atomic E-state index is 0.113. The number of rotatable bonds is 5. The molecule has 0 bridgehead atoms. The summed E-state index contributed by atoms with van der Waals surface area (Å²) in [5.74, 6) is -0.551. The van der Waals surface area contributed by atoms with Gasteiger partial charge in [0, 0.05) is 5.56 Å². The van der Waals surface area contributed by atoms with Crippen molar-refractivity contribution >= 4 is 11.4 Å². The Morgan fingerprint density at radius 3 is 2.67 bits per heavy atom. The van der Waals surface area contributed by atoms with E-state index in [-0.39, 0.29) is 23.2 Å². The molecular weight excluding hydrogens is 275 g/mol. The van der Waals surface area contributed by atoms with Gasteiger partial charge in [0.25, 0.3) is 5.69 Å². The molecule has 0 saturated carbocycles. The van der Waals surface area contributed by atoms with E-state index in [1.165, 1.54) is 6.07 Å². The van der Waals surface area contributed by atoms with Crippen LogP contribution in [0.5, 0.6) is 5.75 Å². The van der Waals surface area contributed by atoms with Crippen molar-refractivity contribution in [2.75, 3.05) is 5.32 Å². The number of nitrogens with one attached hydrogen (secondary N) is 1. The van der Waals surface area contributed by atoms with Gasteiger partial charge in [-0.1, -0.05) is 25.1 Å². The predicted molar refractivity (Wildman–Crippen MR) is 77.8 cm³/mol. The van der Waals surface area contributed by atoms with Gasteiger partial charge in [-0.3, -0.25) is 10.1 Å². The normalized spacial score (nSPS) is 11.9. The number of benzene rings is 2. The van der Waals surface area contributed by atoms with Crippen molar-refractivity contribution in [3.05, 3.63) is 64.0 Å². The van der Waals surface area contributed by atoms with Crippen molar-refractivity contribution in [2.24, 2.45) is 0 Å². The summed E-state index contributed by atoms with van der Waals surface area (Å²) in [6.45, 7) is 1.89. The second kappa shape index (κ2) is 6.21. The average Bonchev–Trinajstić information content (AvgIpc) is 2.46. The summed E-state index contributed by atoms with van der Waals surface area (Å²) in [6, 6.07) is 9.83. The zero-order valence-electron chi connectivity index (χ0n) is 11.4. The lowest BCUT2D eigenvalue weighted by Gasteiger charge is -2.19. The highest BCUT2D eigenvalue weighted by Gasteiger charge is 2.19. The Labute approximate surface area is 121 Å². The van der Waals surface area contributed by atoms with Crippen molar-refractivity contribution in [2.45, 2.75) is 19.4 Å². The maximum Gasteiger partial charge on any atom is 0.295 e. The maximum atomic E-state index is 13.1. The van der Waals surface area contributed by atoms with E-state index in [1.54, 1.807) is 24.3 Å². The number of phenolic OH excluding ortho intramolecular Hbond substituents is 1. The van der Waals surface area contributed by atoms with Gasteiger partial charge in [0.05, 0.1) is 17.0 Å². The van der Waals surface area contributed by atoms with E-state index in [2.05, 4.69) is 5.32 Å². The molecule has 1 atom stereocenters. The second-order valence-corrected chi connectivity index (χ2v) is 4.58. The van der Waals surface area contributed by atoms with Crippen molar-refractivity contribution < 1.29 is 14.4 Å². The summed E-state index contributed by atoms with van der Waals surface area (Å²) in [5.41, 5.74) is 0.527. The molecule has 0 aliphatic rings. The summed E-state index contributed by atoms with van der Waals surface area (Å²) in [5, 5.41) is 23.9. The van der Waals surface area contributed by atoms with Crippen LogP contribution in [-0.2, 0) is 0 Å². The van der Waals surface area contributed by atoms with E-state index in [9.17, 15) is 19.6 Å². The van der Waals surface area contributed by atoms with Crippen LogP contribution in [0.1, 0.15) is 24.9 Å². The molecule has 0 aliphatic carbocycles. The van der Waals surface area contributed by atoms with Gasteiger partial charge in [-0.2, -0.15) is 0 Å². The van der Waals surface area contributed by atoms with E-state index >= 15 is 0 Å². The van der Waals surface area contributed by atoms with Gasteiger partial charge in [0.15, 0.2) is 0 Å². The standard InChI is InChI=1S/C15H15FN2O3/c1-2-12(11-5-3-4-6-15(11)19)17-13-8-7-10(16)9-14(13)18(20)21/h3-9,12,17,19H,2H2,1H3. The molecule has 6 heteroatoms. The maximum absolute atomic E-state index is 13.1. The Morgan fingerprint density at radius 2 is 2.05 bits per heavy atom. The highest BCUT2D eigenvalue weighted by molar-refractivity contribution is 5.62. The van der Waals surface area contributed by atoms with Crippen molar-refractivity contribution in [1.29, 1.82) is 0 Å². The first-order valence-corrected chi connectivity index (χ1v) is 6.51. The largest absolute Gasteiger partial charge is 0.508 e. The molecule has 0 aliphatic heterocycles. The summed E-state index contributed by atoms with van der Waals surface area (Å²) < 4.78 is 13.1. The van der Waals surface area contributed by atoms with E-state index in [4.69, 9.17) is 0 Å². The van der Waals surface area contributed by atoms with Crippen molar-refractivity contribution in [1.82, 2.24) is 0 Å². The van der Waals surface area contributed by atoms with Gasteiger partial charge in [0.1, 0.15) is 17.3 Å². The summed E-state index contributed by atoms with van der Waals surface area (Å²) in [7, 11) is 0. The molecule has 21 heavy (non-hydrogen) atoms. The smallest absolute Gasteiger partial charge is 0.295 e. The van der Waals surface area contributed by atoms with Crippen LogP contribution >= 0.6 is 0 Å². The minimum Gasteiger partial charge on any atom is -0.508 e. The van der Waals surface area contributed by atoms with Crippen LogP contribution in [0.3, 0.4) is 0 Å². The number of para-hydroxylation sites is 1. The molecule has 2 aromatic rings. The number of aromatic hydroxyl groups is 1. The fourth-order valence-electron chi connectivity index (χ4n) is 2.15. The van der Waals surface area contributed by atoms with Gasteiger partial charge in [-0.25, -0.2) is 4.39 Å². The number of nitrogens with zero attached hydrogens (tertiary/aromatic N) is 1. The van der Waals surface area contributed by atoms with Gasteiger partial charge in [-0.05, 0) is 24.6 Å². The zero-order chi connectivity index (χ0) is 15.4. The molecular formula is C15H15FN2O3. The SMILES string of the molecule is CCC(Nc1ccc(F)cc1[N+](=O)[O-])c1ccccc1O. The molecule has 2 N–H and O–H groups in total. The molecule has 0 fully saturated rings. The van der Waals surface area contributed by atoms with Crippen LogP contribution in [0.4, 0.5) is 15.8 Å². The zero-order valence-corrected chi connectivity index (χ0v) is 11.4. The molecule has 0 saturated heterocycles. The minimum atomic E-state index is -0.664. The third-order valence-electron chi connectivity index (χ3n) is 3.21. The molecule has 0 amide bonds. The molecule has 0 radical (unpaired) electrons. The quantitative estimate of drug-likeness (QED) is 0.644. The molecule has 1 unspecified atom stereocenters. The molecule has 0 heterocycles. The summed E-state index contributed by atoms with van der Waals surface area (Å²) in [4.78, 5) is 10.4. The van der Waals surface area contributed by atoms with Gasteiger partial charge < -0.3 is 10.4 Å². The molecule has 0 spiro atoms. The Bertz CT molecular complexity index is 661. The van der Waals surface area contributed by atoms with Crippen LogP contribution in [0.2, 0.25) is 0 Å². The lowest BCUT2D eigenvalue weighted by Crippen LogP contribution is -2.11. The van der Waals surface area contributed by atoms with E-state index < -0.39 is 10.7 Å². The molecule has 110 valence electrons. The number of hydrogen-bond donors (Lipinski definition) is 2. The number of phenols is 1. The highest BCUT2D eigenvalue weighted by Crippen LogP contribution is 2.33. The number of halogens is 1. The van der Waals surface area contributed by atoms with Crippen LogP contribution < -0.4 is 5.32 Å². The lowest BCUT2D eigenvalue weighted by molar-refractivity contribution is -0.384. The third-order valence-corrected chi connectivity index (χ3v) is 3.21. The number of hydrogen-bond acceptors (Lipinski definition) is 4. The fourth-order valence-corrected chi connectivity index (χ4v) is 2.15. The highest BCUT2D eigenvalue weighted by atomic mass is 19.1. The predicted octanol–water partition coefficient (Wildman–Crippen LogP) is 4.00. The van der Waals surface area contributed by atoms with Crippen LogP contribution in [0.25, 0.3) is 0 Å². The van der Waals surface area contributed by atoms with E-state index in [0.29, 0.717) is 12.0 Å². The molecule has 2 aromatic carbocycles. The number of nitro benzene ring substituents is 1. The van der Waals surface area contributed by atoms with Crippen LogP contribution in [0.15, 0.2) is 42.5 Å². The molecule has 0 aromatic heterocycles. The number of anilines is 1. The van der Waals surface area contributed by atoms with Gasteiger partial charge in [-0.15, -0.1) is 0 Å². The lowest BCUT2D eigenvalue weighted by atomic mass is 10.0. The monoisotopic (exact) mass is 290 g/mol. The summed E-state index contributed by atoms with van der Waals surface area (Å²) >= 11 is 0. The van der Waals surface area contributed by atoms with Gasteiger partial charge >= 0.3 is 0 Å². The van der Waals surface area contributed by atoms with Crippen molar-refractivity contribution in [3.8, 4) is 5.75 Å². The van der Waals surface area contributed by atoms with Crippen LogP contribution in [0, 0.1) is 15.9 Å². The Kier molecular flexibility index (Phi) is 4.37. The molecule has 5 nitrogen and oxygen atoms in total. The van der Waals surface area contributed by atoms with Gasteiger partial charge in [0.2, 0.25) is 0 Å². The fraction of sp³-hybridized carbons (Fsp3) is 0.200. The first-order chi connectivity index (χ1) is 10.0. The average molecular weight is 290 g/mol. The Morgan fingerprint density at radius 1 is 1.33 bits per heavy atom. The number of nitro groups is 1. The Balaban J connectivity index is 2.36. The van der Waals surface area contributed by atoms with Crippen molar-refractivity contribution in [3.63, 3.8) is 0 Å². The topological polar surface area (TPSA) is 75.4 Å². The Hall–Kier alpha value is -2.63. The third kappa shape index (κ3) is 3.28.